The first-order chi connectivity index (χ1) is 7.29. The maximum Gasteiger partial charge on any atom is 0.228 e. The fourth-order valence-corrected chi connectivity index (χ4v) is 1.61. The van der Waals surface area contributed by atoms with Crippen molar-refractivity contribution in [3.05, 3.63) is 29.3 Å². The molecule has 1 heterocycles. The van der Waals surface area contributed by atoms with Gasteiger partial charge in [0.2, 0.25) is 5.91 Å². The van der Waals surface area contributed by atoms with Gasteiger partial charge in [0.1, 0.15) is 0 Å². The predicted molar refractivity (Wildman–Crippen MR) is 61.0 cm³/mol. The van der Waals surface area contributed by atoms with E-state index in [0.717, 1.165) is 16.8 Å². The van der Waals surface area contributed by atoms with Crippen LogP contribution < -0.4 is 5.32 Å². The molecule has 0 unspecified atom stereocenters. The molecule has 0 aliphatic carbocycles. The molecular weight excluding hydrogens is 210 g/mol. The second-order valence-corrected chi connectivity index (χ2v) is 3.72. The van der Waals surface area contributed by atoms with E-state index in [-0.39, 0.29) is 5.91 Å². The highest BCUT2D eigenvalue weighted by molar-refractivity contribution is 6.18. The predicted octanol–water partition coefficient (Wildman–Crippen LogP) is 2.16. The van der Waals surface area contributed by atoms with Crippen molar-refractivity contribution in [3.8, 4) is 11.8 Å². The van der Waals surface area contributed by atoms with E-state index in [1.807, 2.05) is 18.2 Å². The van der Waals surface area contributed by atoms with Gasteiger partial charge in [0.15, 0.2) is 0 Å². The number of rotatable bonds is 1. The number of hydrogen-bond acceptors (Lipinski definition) is 1. The van der Waals surface area contributed by atoms with Crippen LogP contribution in [0.3, 0.4) is 0 Å². The van der Waals surface area contributed by atoms with E-state index in [0.29, 0.717) is 18.7 Å². The normalized spacial score (nSPS) is 12.7. The zero-order chi connectivity index (χ0) is 10.7. The summed E-state index contributed by atoms with van der Waals surface area (Å²) in [5, 5.41) is 2.78. The van der Waals surface area contributed by atoms with Crippen molar-refractivity contribution in [2.24, 2.45) is 0 Å². The molecule has 76 valence electrons. The van der Waals surface area contributed by atoms with Crippen LogP contribution >= 0.6 is 11.6 Å². The maximum absolute atomic E-state index is 11.1. The van der Waals surface area contributed by atoms with Gasteiger partial charge in [-0.3, -0.25) is 4.79 Å². The van der Waals surface area contributed by atoms with Crippen LogP contribution in [0.1, 0.15) is 17.5 Å². The number of anilines is 1. The minimum Gasteiger partial charge on any atom is -0.326 e. The second-order valence-electron chi connectivity index (χ2n) is 3.34. The van der Waals surface area contributed by atoms with Gasteiger partial charge < -0.3 is 5.32 Å². The SMILES string of the molecule is O=C1Cc2cc(C#CCCCl)ccc2N1. The molecule has 1 aromatic carbocycles. The van der Waals surface area contributed by atoms with Crippen LogP contribution in [-0.2, 0) is 11.2 Å². The number of benzene rings is 1. The van der Waals surface area contributed by atoms with Crippen LogP contribution in [0.2, 0.25) is 0 Å². The van der Waals surface area contributed by atoms with Crippen molar-refractivity contribution < 1.29 is 4.79 Å². The van der Waals surface area contributed by atoms with E-state index < -0.39 is 0 Å². The van der Waals surface area contributed by atoms with Crippen LogP contribution in [0.4, 0.5) is 5.69 Å². The molecule has 1 amide bonds. The number of carbonyl (C=O) groups is 1. The highest BCUT2D eigenvalue weighted by Crippen LogP contribution is 2.23. The van der Waals surface area contributed by atoms with Gasteiger partial charge in [0, 0.05) is 23.6 Å². The number of nitrogens with one attached hydrogen (secondary N) is 1. The van der Waals surface area contributed by atoms with E-state index in [1.54, 1.807) is 0 Å². The molecule has 3 heteroatoms. The zero-order valence-corrected chi connectivity index (χ0v) is 8.90. The summed E-state index contributed by atoms with van der Waals surface area (Å²) >= 11 is 5.52. The first-order valence-electron chi connectivity index (χ1n) is 4.77. The van der Waals surface area contributed by atoms with Crippen LogP contribution in [-0.4, -0.2) is 11.8 Å². The third-order valence-electron chi connectivity index (χ3n) is 2.18. The van der Waals surface area contributed by atoms with Crippen molar-refractivity contribution in [3.63, 3.8) is 0 Å². The average Bonchev–Trinajstić information content (AvgIpc) is 2.57. The van der Waals surface area contributed by atoms with E-state index in [4.69, 9.17) is 11.6 Å². The Morgan fingerprint density at radius 1 is 1.47 bits per heavy atom. The highest BCUT2D eigenvalue weighted by Gasteiger charge is 2.16. The van der Waals surface area contributed by atoms with E-state index >= 15 is 0 Å². The molecular formula is C12H10ClNO. The molecule has 0 radical (unpaired) electrons. The molecule has 0 atom stereocenters. The molecule has 1 aromatic rings. The smallest absolute Gasteiger partial charge is 0.228 e. The van der Waals surface area contributed by atoms with Gasteiger partial charge in [-0.25, -0.2) is 0 Å². The molecule has 1 aliphatic rings. The molecule has 0 saturated carbocycles. The van der Waals surface area contributed by atoms with E-state index in [9.17, 15) is 4.79 Å². The third-order valence-corrected chi connectivity index (χ3v) is 2.37. The Morgan fingerprint density at radius 3 is 3.13 bits per heavy atom. The Balaban J connectivity index is 2.21. The zero-order valence-electron chi connectivity index (χ0n) is 8.14. The summed E-state index contributed by atoms with van der Waals surface area (Å²) in [6, 6.07) is 5.76. The molecule has 0 spiro atoms. The Hall–Kier alpha value is -1.46. The summed E-state index contributed by atoms with van der Waals surface area (Å²) < 4.78 is 0. The minimum atomic E-state index is 0.0517. The second kappa shape index (κ2) is 4.37. The molecule has 15 heavy (non-hydrogen) atoms. The summed E-state index contributed by atoms with van der Waals surface area (Å²) in [6.07, 6.45) is 1.15. The van der Waals surface area contributed by atoms with Crippen molar-refractivity contribution in [2.75, 3.05) is 11.2 Å². The minimum absolute atomic E-state index is 0.0517. The Bertz CT molecular complexity index is 456. The topological polar surface area (TPSA) is 29.1 Å². The maximum atomic E-state index is 11.1. The number of fused-ring (bicyclic) bond motifs is 1. The van der Waals surface area contributed by atoms with Crippen LogP contribution in [0.15, 0.2) is 18.2 Å². The first kappa shape index (κ1) is 10.1. The summed E-state index contributed by atoms with van der Waals surface area (Å²) in [4.78, 5) is 11.1. The van der Waals surface area contributed by atoms with Gasteiger partial charge in [-0.1, -0.05) is 11.8 Å². The van der Waals surface area contributed by atoms with Crippen molar-refractivity contribution in [1.82, 2.24) is 0 Å². The highest BCUT2D eigenvalue weighted by atomic mass is 35.5. The lowest BCUT2D eigenvalue weighted by Gasteiger charge is -1.97. The fraction of sp³-hybridized carbons (Fsp3) is 0.250. The Labute approximate surface area is 93.6 Å². The van der Waals surface area contributed by atoms with Gasteiger partial charge in [-0.2, -0.15) is 0 Å². The quantitative estimate of drug-likeness (QED) is 0.569. The fourth-order valence-electron chi connectivity index (χ4n) is 1.52. The lowest BCUT2D eigenvalue weighted by Crippen LogP contribution is -2.03. The standard InChI is InChI=1S/C12H10ClNO/c13-6-2-1-3-9-4-5-11-10(7-9)8-12(15)14-11/h4-5,7H,2,6,8H2,(H,14,15). The lowest BCUT2D eigenvalue weighted by atomic mass is 10.1. The summed E-state index contributed by atoms with van der Waals surface area (Å²) in [5.74, 6) is 6.59. The van der Waals surface area contributed by atoms with Gasteiger partial charge in [0.05, 0.1) is 6.42 Å². The van der Waals surface area contributed by atoms with Crippen molar-refractivity contribution >= 4 is 23.2 Å². The van der Waals surface area contributed by atoms with E-state index in [2.05, 4.69) is 17.2 Å². The molecule has 1 N–H and O–H groups in total. The largest absolute Gasteiger partial charge is 0.326 e. The molecule has 2 rings (SSSR count). The number of carbonyl (C=O) groups excluding carboxylic acids is 1. The number of amides is 1. The van der Waals surface area contributed by atoms with Gasteiger partial charge in [0.25, 0.3) is 0 Å². The molecule has 0 fully saturated rings. The van der Waals surface area contributed by atoms with Crippen molar-refractivity contribution in [2.45, 2.75) is 12.8 Å². The summed E-state index contributed by atoms with van der Waals surface area (Å²) in [5.41, 5.74) is 2.87. The molecule has 1 aliphatic heterocycles. The Kier molecular flexibility index (Phi) is 2.94. The molecule has 0 aromatic heterocycles. The van der Waals surface area contributed by atoms with Gasteiger partial charge >= 0.3 is 0 Å². The Morgan fingerprint density at radius 2 is 2.33 bits per heavy atom. The molecule has 0 saturated heterocycles. The number of halogens is 1. The lowest BCUT2D eigenvalue weighted by molar-refractivity contribution is -0.115. The van der Waals surface area contributed by atoms with Crippen LogP contribution in [0.5, 0.6) is 0 Å². The first-order valence-corrected chi connectivity index (χ1v) is 5.30. The molecule has 2 nitrogen and oxygen atoms in total. The number of alkyl halides is 1. The third kappa shape index (κ3) is 2.31. The van der Waals surface area contributed by atoms with Gasteiger partial charge in [-0.05, 0) is 23.8 Å². The van der Waals surface area contributed by atoms with E-state index in [1.165, 1.54) is 0 Å². The molecule has 0 bridgehead atoms. The van der Waals surface area contributed by atoms with Crippen LogP contribution in [0, 0.1) is 11.8 Å². The van der Waals surface area contributed by atoms with Gasteiger partial charge in [-0.15, -0.1) is 11.6 Å². The number of hydrogen-bond donors (Lipinski definition) is 1. The summed E-state index contributed by atoms with van der Waals surface area (Å²) in [7, 11) is 0. The van der Waals surface area contributed by atoms with Crippen molar-refractivity contribution in [1.29, 1.82) is 0 Å². The monoisotopic (exact) mass is 219 g/mol. The van der Waals surface area contributed by atoms with Crippen LogP contribution in [0.25, 0.3) is 0 Å². The summed E-state index contributed by atoms with van der Waals surface area (Å²) in [6.45, 7) is 0. The average molecular weight is 220 g/mol.